The highest BCUT2D eigenvalue weighted by atomic mass is 35.5. The van der Waals surface area contributed by atoms with Crippen LogP contribution in [0.4, 0.5) is 11.5 Å². The highest BCUT2D eigenvalue weighted by Gasteiger charge is 2.20. The third-order valence-corrected chi connectivity index (χ3v) is 6.74. The molecule has 29 heavy (non-hydrogen) atoms. The summed E-state index contributed by atoms with van der Waals surface area (Å²) in [4.78, 5) is 4.40. The van der Waals surface area contributed by atoms with Gasteiger partial charge < -0.3 is 5.73 Å². The lowest BCUT2D eigenvalue weighted by Crippen LogP contribution is -2.13. The predicted octanol–water partition coefficient (Wildman–Crippen LogP) is 4.39. The summed E-state index contributed by atoms with van der Waals surface area (Å²) >= 11 is 12.0. The molecule has 0 bridgehead atoms. The molecule has 0 unspecified atom stereocenters. The van der Waals surface area contributed by atoms with E-state index in [1.807, 2.05) is 6.92 Å². The second-order valence-electron chi connectivity index (χ2n) is 6.29. The number of hydrogen-bond acceptors (Lipinski definition) is 5. The van der Waals surface area contributed by atoms with Crippen LogP contribution in [0.15, 0.2) is 59.6 Å². The first kappa shape index (κ1) is 19.5. The SMILES string of the molecule is Cc1nc2ccnn2c(N)c1-c1ccc(NS(=O)(=O)c2cccc(Cl)c2Cl)cc1. The van der Waals surface area contributed by atoms with Crippen LogP contribution in [0, 0.1) is 6.92 Å². The Kier molecular flexibility index (Phi) is 4.85. The van der Waals surface area contributed by atoms with E-state index in [9.17, 15) is 8.42 Å². The van der Waals surface area contributed by atoms with Crippen molar-refractivity contribution in [1.29, 1.82) is 0 Å². The van der Waals surface area contributed by atoms with Crippen molar-refractivity contribution in [2.24, 2.45) is 0 Å². The summed E-state index contributed by atoms with van der Waals surface area (Å²) in [6, 6.07) is 13.0. The quantitative estimate of drug-likeness (QED) is 0.482. The molecule has 4 aromatic rings. The number of rotatable bonds is 4. The van der Waals surface area contributed by atoms with Gasteiger partial charge in [0.1, 0.15) is 10.7 Å². The number of halogens is 2. The van der Waals surface area contributed by atoms with Gasteiger partial charge in [-0.1, -0.05) is 41.4 Å². The first-order valence-corrected chi connectivity index (χ1v) is 10.7. The Labute approximate surface area is 177 Å². The fourth-order valence-corrected chi connectivity index (χ4v) is 4.87. The number of hydrogen-bond donors (Lipinski definition) is 2. The van der Waals surface area contributed by atoms with Gasteiger partial charge in [-0.3, -0.25) is 4.72 Å². The molecule has 0 spiro atoms. The Morgan fingerprint density at radius 2 is 1.79 bits per heavy atom. The number of nitrogens with one attached hydrogen (secondary N) is 1. The molecular weight excluding hydrogens is 433 g/mol. The van der Waals surface area contributed by atoms with Crippen LogP contribution in [0.1, 0.15) is 5.69 Å². The van der Waals surface area contributed by atoms with E-state index < -0.39 is 10.0 Å². The monoisotopic (exact) mass is 447 g/mol. The van der Waals surface area contributed by atoms with E-state index in [-0.39, 0.29) is 14.9 Å². The molecule has 0 aliphatic heterocycles. The minimum atomic E-state index is -3.90. The minimum Gasteiger partial charge on any atom is -0.383 e. The minimum absolute atomic E-state index is 0.0275. The van der Waals surface area contributed by atoms with Gasteiger partial charge in [0, 0.05) is 17.3 Å². The number of benzene rings is 2. The topological polar surface area (TPSA) is 102 Å². The van der Waals surface area contributed by atoms with Crippen LogP contribution >= 0.6 is 23.2 Å². The van der Waals surface area contributed by atoms with Crippen molar-refractivity contribution in [3.63, 3.8) is 0 Å². The molecule has 3 N–H and O–H groups in total. The van der Waals surface area contributed by atoms with Gasteiger partial charge in [0.2, 0.25) is 0 Å². The van der Waals surface area contributed by atoms with Crippen LogP contribution in [-0.4, -0.2) is 23.0 Å². The molecule has 4 rings (SSSR count). The van der Waals surface area contributed by atoms with Gasteiger partial charge in [-0.15, -0.1) is 0 Å². The van der Waals surface area contributed by atoms with Crippen LogP contribution in [0.2, 0.25) is 10.0 Å². The summed E-state index contributed by atoms with van der Waals surface area (Å²) in [5, 5.41) is 4.31. The van der Waals surface area contributed by atoms with E-state index in [4.69, 9.17) is 28.9 Å². The maximum atomic E-state index is 12.7. The zero-order valence-electron chi connectivity index (χ0n) is 15.1. The third kappa shape index (κ3) is 3.50. The van der Waals surface area contributed by atoms with Gasteiger partial charge in [0.25, 0.3) is 10.0 Å². The summed E-state index contributed by atoms with van der Waals surface area (Å²) in [6.07, 6.45) is 1.63. The molecule has 148 valence electrons. The fraction of sp³-hybridized carbons (Fsp3) is 0.0526. The van der Waals surface area contributed by atoms with Gasteiger partial charge in [-0.2, -0.15) is 9.61 Å². The molecule has 0 radical (unpaired) electrons. The number of nitrogens with zero attached hydrogens (tertiary/aromatic N) is 3. The van der Waals surface area contributed by atoms with Gasteiger partial charge >= 0.3 is 0 Å². The molecule has 0 fully saturated rings. The summed E-state index contributed by atoms with van der Waals surface area (Å²) < 4.78 is 29.4. The molecule has 2 heterocycles. The van der Waals surface area contributed by atoms with Crippen LogP contribution in [0.25, 0.3) is 16.8 Å². The normalized spacial score (nSPS) is 11.7. The van der Waals surface area contributed by atoms with E-state index in [1.54, 1.807) is 41.0 Å². The van der Waals surface area contributed by atoms with Crippen molar-refractivity contribution < 1.29 is 8.42 Å². The average Bonchev–Trinajstić information content (AvgIpc) is 3.13. The molecule has 0 aliphatic carbocycles. The third-order valence-electron chi connectivity index (χ3n) is 4.38. The standard InChI is InChI=1S/C19H15Cl2N5O2S/c1-11-17(19(22)26-16(24-11)9-10-23-26)12-5-7-13(8-6-12)25-29(27,28)15-4-2-3-14(20)18(15)21/h2-10,25H,22H2,1H3. The van der Waals surface area contributed by atoms with Gasteiger partial charge in [0.15, 0.2) is 5.65 Å². The van der Waals surface area contributed by atoms with E-state index >= 15 is 0 Å². The van der Waals surface area contributed by atoms with E-state index in [1.165, 1.54) is 18.2 Å². The van der Waals surface area contributed by atoms with Gasteiger partial charge in [-0.05, 0) is 36.8 Å². The molecular formula is C19H15Cl2N5O2S. The van der Waals surface area contributed by atoms with Crippen molar-refractivity contribution in [1.82, 2.24) is 14.6 Å². The second-order valence-corrected chi connectivity index (χ2v) is 8.73. The van der Waals surface area contributed by atoms with E-state index in [2.05, 4.69) is 14.8 Å². The predicted molar refractivity (Wildman–Crippen MR) is 115 cm³/mol. The van der Waals surface area contributed by atoms with Crippen LogP contribution in [0.3, 0.4) is 0 Å². The molecule has 10 heteroatoms. The zero-order chi connectivity index (χ0) is 20.8. The largest absolute Gasteiger partial charge is 0.383 e. The number of nitrogen functional groups attached to an aromatic ring is 1. The average molecular weight is 448 g/mol. The summed E-state index contributed by atoms with van der Waals surface area (Å²) in [5.74, 6) is 0.455. The number of aryl methyl sites for hydroxylation is 1. The maximum Gasteiger partial charge on any atom is 0.263 e. The van der Waals surface area contributed by atoms with Crippen molar-refractivity contribution in [3.05, 3.63) is 70.5 Å². The summed E-state index contributed by atoms with van der Waals surface area (Å²) in [6.45, 7) is 1.86. The molecule has 0 saturated carbocycles. The Balaban J connectivity index is 1.68. The van der Waals surface area contributed by atoms with Crippen molar-refractivity contribution >= 4 is 50.4 Å². The summed E-state index contributed by atoms with van der Waals surface area (Å²) in [5.41, 5.74) is 9.55. The van der Waals surface area contributed by atoms with Crippen LogP contribution in [0.5, 0.6) is 0 Å². The molecule has 0 amide bonds. The second kappa shape index (κ2) is 7.22. The Bertz CT molecular complexity index is 1330. The van der Waals surface area contributed by atoms with Gasteiger partial charge in [0.05, 0.1) is 21.9 Å². The number of aromatic nitrogens is 3. The van der Waals surface area contributed by atoms with Crippen LogP contribution < -0.4 is 10.5 Å². The van der Waals surface area contributed by atoms with Crippen molar-refractivity contribution in [3.8, 4) is 11.1 Å². The van der Waals surface area contributed by atoms with E-state index in [0.29, 0.717) is 17.2 Å². The Hall–Kier alpha value is -2.81. The number of fused-ring (bicyclic) bond motifs is 1. The smallest absolute Gasteiger partial charge is 0.263 e. The lowest BCUT2D eigenvalue weighted by atomic mass is 10.0. The van der Waals surface area contributed by atoms with Crippen LogP contribution in [-0.2, 0) is 10.0 Å². The van der Waals surface area contributed by atoms with Crippen molar-refractivity contribution in [2.45, 2.75) is 11.8 Å². The maximum absolute atomic E-state index is 12.7. The lowest BCUT2D eigenvalue weighted by Gasteiger charge is -2.13. The Morgan fingerprint density at radius 3 is 2.52 bits per heavy atom. The lowest BCUT2D eigenvalue weighted by molar-refractivity contribution is 0.601. The van der Waals surface area contributed by atoms with Gasteiger partial charge in [-0.25, -0.2) is 13.4 Å². The molecule has 0 saturated heterocycles. The summed E-state index contributed by atoms with van der Waals surface area (Å²) in [7, 11) is -3.90. The highest BCUT2D eigenvalue weighted by Crippen LogP contribution is 2.32. The highest BCUT2D eigenvalue weighted by molar-refractivity contribution is 7.92. The first-order chi connectivity index (χ1) is 13.8. The molecule has 7 nitrogen and oxygen atoms in total. The number of anilines is 2. The molecule has 0 atom stereocenters. The van der Waals surface area contributed by atoms with E-state index in [0.717, 1.165) is 16.8 Å². The zero-order valence-corrected chi connectivity index (χ0v) is 17.4. The molecule has 2 aromatic heterocycles. The molecule has 0 aliphatic rings. The number of nitrogens with two attached hydrogens (primary N) is 1. The Morgan fingerprint density at radius 1 is 1.07 bits per heavy atom. The first-order valence-electron chi connectivity index (χ1n) is 8.45. The van der Waals surface area contributed by atoms with Crippen molar-refractivity contribution in [2.75, 3.05) is 10.5 Å². The molecule has 2 aromatic carbocycles. The fourth-order valence-electron chi connectivity index (χ4n) is 3.05. The number of sulfonamides is 1.